The molecular weight excluding hydrogens is 313 g/mol. The average Bonchev–Trinajstić information content (AvgIpc) is 2.84. The molecule has 0 saturated carbocycles. The third kappa shape index (κ3) is 2.95. The smallest absolute Gasteiger partial charge is 0.325 e. The van der Waals surface area contributed by atoms with Crippen molar-refractivity contribution in [2.45, 2.75) is 19.0 Å². The predicted molar refractivity (Wildman–Crippen MR) is 80.2 cm³/mol. The van der Waals surface area contributed by atoms with E-state index in [2.05, 4.69) is 0 Å². The number of rotatable bonds is 3. The lowest BCUT2D eigenvalue weighted by Gasteiger charge is -2.33. The number of carboxylic acid groups (broad SMARTS) is 1. The molecule has 1 aromatic carbocycles. The Morgan fingerprint density at radius 3 is 3.00 bits per heavy atom. The standard InChI is InChI=1S/C15H13ClFNO2S/c16-10-5-9(6-11(17)7-10)8-18-3-1-13-12(2-4-21-13)14(18)15(19)20/h2,4-7,14H,1,3,8H2,(H,19,20). The van der Waals surface area contributed by atoms with Gasteiger partial charge in [-0.15, -0.1) is 11.3 Å². The van der Waals surface area contributed by atoms with Gasteiger partial charge < -0.3 is 5.11 Å². The van der Waals surface area contributed by atoms with Crippen LogP contribution in [0.3, 0.4) is 0 Å². The van der Waals surface area contributed by atoms with Crippen LogP contribution in [0.2, 0.25) is 5.02 Å². The monoisotopic (exact) mass is 325 g/mol. The highest BCUT2D eigenvalue weighted by Gasteiger charge is 2.33. The fourth-order valence-electron chi connectivity index (χ4n) is 2.76. The Hall–Kier alpha value is -1.43. The molecule has 110 valence electrons. The van der Waals surface area contributed by atoms with Gasteiger partial charge in [0, 0.05) is 23.0 Å². The third-order valence-corrected chi connectivity index (χ3v) is 4.82. The highest BCUT2D eigenvalue weighted by atomic mass is 35.5. The molecule has 21 heavy (non-hydrogen) atoms. The number of carbonyl (C=O) groups is 1. The Labute approximate surface area is 130 Å². The largest absolute Gasteiger partial charge is 0.480 e. The molecule has 1 atom stereocenters. The second kappa shape index (κ2) is 5.75. The van der Waals surface area contributed by atoms with Crippen molar-refractivity contribution in [3.8, 4) is 0 Å². The first-order valence-electron chi connectivity index (χ1n) is 6.52. The fourth-order valence-corrected chi connectivity index (χ4v) is 3.91. The lowest BCUT2D eigenvalue weighted by Crippen LogP contribution is -2.38. The molecule has 0 radical (unpaired) electrons. The summed E-state index contributed by atoms with van der Waals surface area (Å²) in [7, 11) is 0. The highest BCUT2D eigenvalue weighted by Crippen LogP contribution is 2.34. The lowest BCUT2D eigenvalue weighted by atomic mass is 9.99. The van der Waals surface area contributed by atoms with Gasteiger partial charge in [0.1, 0.15) is 11.9 Å². The normalized spacial score (nSPS) is 18.5. The zero-order chi connectivity index (χ0) is 15.0. The van der Waals surface area contributed by atoms with Gasteiger partial charge >= 0.3 is 5.97 Å². The Morgan fingerprint density at radius 1 is 1.48 bits per heavy atom. The van der Waals surface area contributed by atoms with Gasteiger partial charge in [-0.2, -0.15) is 0 Å². The van der Waals surface area contributed by atoms with Crippen molar-refractivity contribution >= 4 is 28.9 Å². The maximum atomic E-state index is 13.4. The Kier molecular flexibility index (Phi) is 3.97. The summed E-state index contributed by atoms with van der Waals surface area (Å²) in [5.41, 5.74) is 1.53. The molecule has 1 aromatic heterocycles. The minimum Gasteiger partial charge on any atom is -0.480 e. The Bertz CT molecular complexity index is 668. The van der Waals surface area contributed by atoms with Gasteiger partial charge in [0.25, 0.3) is 0 Å². The molecule has 3 nitrogen and oxygen atoms in total. The highest BCUT2D eigenvalue weighted by molar-refractivity contribution is 7.10. The first-order valence-corrected chi connectivity index (χ1v) is 7.78. The van der Waals surface area contributed by atoms with Crippen molar-refractivity contribution in [3.05, 3.63) is 56.5 Å². The maximum Gasteiger partial charge on any atom is 0.325 e. The van der Waals surface area contributed by atoms with Crippen molar-refractivity contribution < 1.29 is 14.3 Å². The van der Waals surface area contributed by atoms with Crippen LogP contribution >= 0.6 is 22.9 Å². The summed E-state index contributed by atoms with van der Waals surface area (Å²) in [6, 6.07) is 5.50. The zero-order valence-corrected chi connectivity index (χ0v) is 12.6. The van der Waals surface area contributed by atoms with Crippen molar-refractivity contribution in [3.63, 3.8) is 0 Å². The molecule has 1 N–H and O–H groups in total. The summed E-state index contributed by atoms with van der Waals surface area (Å²) in [5, 5.41) is 11.8. The van der Waals surface area contributed by atoms with Gasteiger partial charge in [-0.25, -0.2) is 4.39 Å². The van der Waals surface area contributed by atoms with E-state index in [9.17, 15) is 14.3 Å². The van der Waals surface area contributed by atoms with Gasteiger partial charge in [0.15, 0.2) is 0 Å². The van der Waals surface area contributed by atoms with Crippen molar-refractivity contribution in [2.75, 3.05) is 6.54 Å². The van der Waals surface area contributed by atoms with E-state index in [-0.39, 0.29) is 0 Å². The van der Waals surface area contributed by atoms with E-state index in [4.69, 9.17) is 11.6 Å². The predicted octanol–water partition coefficient (Wildman–Crippen LogP) is 3.72. The van der Waals surface area contributed by atoms with E-state index in [0.717, 1.165) is 16.9 Å². The van der Waals surface area contributed by atoms with Crippen LogP contribution in [0.4, 0.5) is 4.39 Å². The Morgan fingerprint density at radius 2 is 2.29 bits per heavy atom. The summed E-state index contributed by atoms with van der Waals surface area (Å²) in [5.74, 6) is -1.28. The molecule has 1 unspecified atom stereocenters. The van der Waals surface area contributed by atoms with Gasteiger partial charge in [0.05, 0.1) is 0 Å². The van der Waals surface area contributed by atoms with Crippen LogP contribution in [0, 0.1) is 5.82 Å². The van der Waals surface area contributed by atoms with E-state index in [1.54, 1.807) is 17.4 Å². The molecule has 0 aliphatic carbocycles. The van der Waals surface area contributed by atoms with E-state index in [1.165, 1.54) is 12.1 Å². The summed E-state index contributed by atoms with van der Waals surface area (Å²) >= 11 is 7.45. The third-order valence-electron chi connectivity index (χ3n) is 3.61. The Balaban J connectivity index is 1.89. The minimum atomic E-state index is -0.878. The SMILES string of the molecule is O=C(O)C1c2ccsc2CCN1Cc1cc(F)cc(Cl)c1. The van der Waals surface area contributed by atoms with Crippen LogP contribution in [-0.2, 0) is 17.8 Å². The number of fused-ring (bicyclic) bond motifs is 1. The molecule has 0 saturated heterocycles. The fraction of sp³-hybridized carbons (Fsp3) is 0.267. The van der Waals surface area contributed by atoms with Crippen LogP contribution in [0.15, 0.2) is 29.6 Å². The second-order valence-corrected chi connectivity index (χ2v) is 6.48. The number of carboxylic acids is 1. The van der Waals surface area contributed by atoms with E-state index in [0.29, 0.717) is 23.7 Å². The van der Waals surface area contributed by atoms with Crippen LogP contribution < -0.4 is 0 Å². The molecule has 0 spiro atoms. The number of nitrogens with zero attached hydrogens (tertiary/aromatic N) is 1. The number of halogens is 2. The van der Waals surface area contributed by atoms with Gasteiger partial charge in [-0.05, 0) is 47.2 Å². The lowest BCUT2D eigenvalue weighted by molar-refractivity contribution is -0.144. The summed E-state index contributed by atoms with van der Waals surface area (Å²) < 4.78 is 13.4. The van der Waals surface area contributed by atoms with Crippen molar-refractivity contribution in [2.24, 2.45) is 0 Å². The maximum absolute atomic E-state index is 13.4. The molecular formula is C15H13ClFNO2S. The summed E-state index contributed by atoms with van der Waals surface area (Å²) in [6.45, 7) is 1.00. The van der Waals surface area contributed by atoms with Gasteiger partial charge in [-0.1, -0.05) is 11.6 Å². The quantitative estimate of drug-likeness (QED) is 0.935. The van der Waals surface area contributed by atoms with Crippen molar-refractivity contribution in [1.29, 1.82) is 0 Å². The topological polar surface area (TPSA) is 40.5 Å². The molecule has 0 fully saturated rings. The van der Waals surface area contributed by atoms with Gasteiger partial charge in [-0.3, -0.25) is 9.69 Å². The molecule has 2 aromatic rings. The number of thiophene rings is 1. The molecule has 0 amide bonds. The van der Waals surface area contributed by atoms with E-state index >= 15 is 0 Å². The minimum absolute atomic E-state index is 0.324. The van der Waals surface area contributed by atoms with E-state index < -0.39 is 17.8 Å². The summed E-state index contributed by atoms with van der Waals surface area (Å²) in [6.07, 6.45) is 0.819. The molecule has 2 heterocycles. The first-order chi connectivity index (χ1) is 10.0. The van der Waals surface area contributed by atoms with Gasteiger partial charge in [0.2, 0.25) is 0 Å². The molecule has 0 bridgehead atoms. The number of hydrogen-bond acceptors (Lipinski definition) is 3. The molecule has 1 aliphatic heterocycles. The van der Waals surface area contributed by atoms with Crippen LogP contribution in [0.25, 0.3) is 0 Å². The van der Waals surface area contributed by atoms with Crippen LogP contribution in [0.5, 0.6) is 0 Å². The number of hydrogen-bond donors (Lipinski definition) is 1. The molecule has 3 rings (SSSR count). The second-order valence-electron chi connectivity index (χ2n) is 5.04. The molecule has 1 aliphatic rings. The number of benzene rings is 1. The number of aliphatic carboxylic acids is 1. The van der Waals surface area contributed by atoms with Crippen molar-refractivity contribution in [1.82, 2.24) is 4.90 Å². The van der Waals surface area contributed by atoms with Crippen LogP contribution in [0.1, 0.15) is 22.0 Å². The summed E-state index contributed by atoms with van der Waals surface area (Å²) in [4.78, 5) is 14.6. The zero-order valence-electron chi connectivity index (χ0n) is 11.1. The van der Waals surface area contributed by atoms with Crippen LogP contribution in [-0.4, -0.2) is 22.5 Å². The van der Waals surface area contributed by atoms with E-state index in [1.807, 2.05) is 16.3 Å². The molecule has 6 heteroatoms. The average molecular weight is 326 g/mol. The first kappa shape index (κ1) is 14.5.